The van der Waals surface area contributed by atoms with Gasteiger partial charge in [0.15, 0.2) is 17.2 Å². The lowest BCUT2D eigenvalue weighted by atomic mass is 10.2. The minimum atomic E-state index is -0.651. The molecule has 1 amide bonds. The van der Waals surface area contributed by atoms with E-state index in [1.165, 1.54) is 9.47 Å². The van der Waals surface area contributed by atoms with Gasteiger partial charge in [0.25, 0.3) is 5.56 Å². The molecular formula is C24H35N5O5. The van der Waals surface area contributed by atoms with Crippen LogP contribution in [-0.4, -0.2) is 53.7 Å². The lowest BCUT2D eigenvalue weighted by Crippen LogP contribution is -2.45. The molecule has 186 valence electrons. The van der Waals surface area contributed by atoms with E-state index in [2.05, 4.69) is 4.98 Å². The van der Waals surface area contributed by atoms with Gasteiger partial charge in [-0.05, 0) is 37.1 Å². The van der Waals surface area contributed by atoms with E-state index in [9.17, 15) is 14.4 Å². The highest BCUT2D eigenvalue weighted by atomic mass is 16.6. The van der Waals surface area contributed by atoms with E-state index < -0.39 is 11.2 Å². The first-order valence-corrected chi connectivity index (χ1v) is 11.7. The van der Waals surface area contributed by atoms with Gasteiger partial charge in [-0.25, -0.2) is 4.79 Å². The third kappa shape index (κ3) is 5.99. The number of aromatic amines is 1. The highest BCUT2D eigenvalue weighted by molar-refractivity contribution is 5.96. The molecule has 0 radical (unpaired) electrons. The summed E-state index contributed by atoms with van der Waals surface area (Å²) in [5.41, 5.74) is 6.06. The second-order valence-electron chi connectivity index (χ2n) is 9.05. The number of rotatable bonds is 10. The van der Waals surface area contributed by atoms with Crippen LogP contribution in [0.2, 0.25) is 0 Å². The van der Waals surface area contributed by atoms with E-state index in [1.54, 1.807) is 0 Å². The van der Waals surface area contributed by atoms with Gasteiger partial charge in [-0.15, -0.1) is 0 Å². The van der Waals surface area contributed by atoms with Crippen LogP contribution in [0.4, 0.5) is 11.5 Å². The topological polar surface area (TPSA) is 123 Å². The molecule has 1 aliphatic rings. The zero-order valence-electron chi connectivity index (χ0n) is 20.4. The number of aromatic nitrogens is 2. The second-order valence-corrected chi connectivity index (χ2v) is 9.05. The largest absolute Gasteiger partial charge is 0.486 e. The first-order valence-electron chi connectivity index (χ1n) is 11.7. The Morgan fingerprint density at radius 1 is 1.21 bits per heavy atom. The third-order valence-corrected chi connectivity index (χ3v) is 5.53. The quantitative estimate of drug-likeness (QED) is 0.539. The van der Waals surface area contributed by atoms with Gasteiger partial charge in [-0.1, -0.05) is 33.3 Å². The van der Waals surface area contributed by atoms with E-state index in [1.807, 2.05) is 50.9 Å². The van der Waals surface area contributed by atoms with Crippen molar-refractivity contribution in [3.63, 3.8) is 0 Å². The minimum Gasteiger partial charge on any atom is -0.486 e. The summed E-state index contributed by atoms with van der Waals surface area (Å²) < 4.78 is 12.5. The fourth-order valence-electron chi connectivity index (χ4n) is 3.93. The van der Waals surface area contributed by atoms with Crippen LogP contribution in [0.25, 0.3) is 0 Å². The number of unbranched alkanes of at least 4 members (excludes halogenated alkanes) is 1. The van der Waals surface area contributed by atoms with E-state index in [0.29, 0.717) is 50.8 Å². The smallest absolute Gasteiger partial charge is 0.330 e. The fourth-order valence-corrected chi connectivity index (χ4v) is 3.93. The molecule has 2 heterocycles. The summed E-state index contributed by atoms with van der Waals surface area (Å²) in [4.78, 5) is 44.0. The maximum atomic E-state index is 13.3. The van der Waals surface area contributed by atoms with Crippen LogP contribution in [0.3, 0.4) is 0 Å². The van der Waals surface area contributed by atoms with E-state index in [-0.39, 0.29) is 29.9 Å². The average molecular weight is 474 g/mol. The number of carbonyl (C=O) groups is 1. The maximum absolute atomic E-state index is 13.3. The zero-order chi connectivity index (χ0) is 24.8. The summed E-state index contributed by atoms with van der Waals surface area (Å²) >= 11 is 0. The molecule has 1 aliphatic heterocycles. The van der Waals surface area contributed by atoms with Gasteiger partial charge in [0.2, 0.25) is 5.91 Å². The Kier molecular flexibility index (Phi) is 8.38. The van der Waals surface area contributed by atoms with Crippen LogP contribution < -0.4 is 31.4 Å². The number of hydrogen-bond acceptors (Lipinski definition) is 7. The molecule has 1 aromatic carbocycles. The Labute approximate surface area is 199 Å². The summed E-state index contributed by atoms with van der Waals surface area (Å²) in [6, 6.07) is 5.72. The molecule has 0 spiro atoms. The first kappa shape index (κ1) is 25.4. The molecule has 0 saturated heterocycles. The Bertz CT molecular complexity index is 1120. The number of fused-ring (bicyclic) bond motifs is 1. The van der Waals surface area contributed by atoms with Gasteiger partial charge in [0, 0.05) is 19.6 Å². The zero-order valence-corrected chi connectivity index (χ0v) is 20.4. The van der Waals surface area contributed by atoms with Gasteiger partial charge in [0.05, 0.1) is 6.54 Å². The summed E-state index contributed by atoms with van der Waals surface area (Å²) in [6.45, 7) is 8.18. The van der Waals surface area contributed by atoms with Crippen LogP contribution in [0.15, 0.2) is 27.8 Å². The standard InChI is InChI=1S/C24H35N5O5/c1-5-6-9-28(21-22(25)29(13-16(2)3)24(32)26-23(21)31)20(30)15-27(4)14-17-7-8-18-19(12-17)34-11-10-33-18/h7-8,12,16H,5-6,9-11,13-15,25H2,1-4H3,(H,26,31,32). The number of anilines is 2. The fraction of sp³-hybridized carbons (Fsp3) is 0.542. The van der Waals surface area contributed by atoms with E-state index >= 15 is 0 Å². The van der Waals surface area contributed by atoms with Crippen molar-refractivity contribution in [3.05, 3.63) is 44.6 Å². The van der Waals surface area contributed by atoms with Crippen molar-refractivity contribution in [1.82, 2.24) is 14.5 Å². The molecule has 0 saturated carbocycles. The maximum Gasteiger partial charge on any atom is 0.330 e. The van der Waals surface area contributed by atoms with Gasteiger partial charge in [-0.2, -0.15) is 0 Å². The molecule has 0 fully saturated rings. The lowest BCUT2D eigenvalue weighted by Gasteiger charge is -2.27. The molecule has 0 aliphatic carbocycles. The van der Waals surface area contributed by atoms with E-state index in [4.69, 9.17) is 15.2 Å². The molecular weight excluding hydrogens is 438 g/mol. The number of nitrogen functional groups attached to an aromatic ring is 1. The highest BCUT2D eigenvalue weighted by Gasteiger charge is 2.25. The van der Waals surface area contributed by atoms with Crippen molar-refractivity contribution in [2.24, 2.45) is 5.92 Å². The van der Waals surface area contributed by atoms with Crippen molar-refractivity contribution in [3.8, 4) is 11.5 Å². The second kappa shape index (κ2) is 11.2. The number of carbonyl (C=O) groups excluding carboxylic acids is 1. The molecule has 0 unspecified atom stereocenters. The van der Waals surface area contributed by atoms with Crippen molar-refractivity contribution >= 4 is 17.4 Å². The predicted octanol–water partition coefficient (Wildman–Crippen LogP) is 1.81. The Hall–Kier alpha value is -3.27. The minimum absolute atomic E-state index is 0.0152. The van der Waals surface area contributed by atoms with Crippen LogP contribution in [0.5, 0.6) is 11.5 Å². The number of ether oxygens (including phenoxy) is 2. The Balaban J connectivity index is 1.82. The van der Waals surface area contributed by atoms with Crippen LogP contribution >= 0.6 is 0 Å². The van der Waals surface area contributed by atoms with Gasteiger partial charge in [-0.3, -0.25) is 24.0 Å². The number of benzene rings is 1. The molecule has 34 heavy (non-hydrogen) atoms. The molecule has 3 rings (SSSR count). The van der Waals surface area contributed by atoms with Crippen molar-refractivity contribution in [2.45, 2.75) is 46.7 Å². The van der Waals surface area contributed by atoms with Gasteiger partial charge in [0.1, 0.15) is 19.0 Å². The predicted molar refractivity (Wildman–Crippen MR) is 132 cm³/mol. The first-order chi connectivity index (χ1) is 16.2. The molecule has 3 N–H and O–H groups in total. The average Bonchev–Trinajstić information content (AvgIpc) is 2.78. The number of nitrogens with one attached hydrogen (secondary N) is 1. The summed E-state index contributed by atoms with van der Waals surface area (Å²) in [5.74, 6) is 1.29. The summed E-state index contributed by atoms with van der Waals surface area (Å²) in [5, 5.41) is 0. The molecule has 0 bridgehead atoms. The number of nitrogens with zero attached hydrogens (tertiary/aromatic N) is 3. The highest BCUT2D eigenvalue weighted by Crippen LogP contribution is 2.31. The molecule has 1 aromatic heterocycles. The van der Waals surface area contributed by atoms with Crippen molar-refractivity contribution in [2.75, 3.05) is 44.0 Å². The number of amides is 1. The summed E-state index contributed by atoms with van der Waals surface area (Å²) in [7, 11) is 1.83. The monoisotopic (exact) mass is 473 g/mol. The number of hydrogen-bond donors (Lipinski definition) is 2. The van der Waals surface area contributed by atoms with E-state index in [0.717, 1.165) is 12.0 Å². The van der Waals surface area contributed by atoms with Gasteiger partial charge >= 0.3 is 5.69 Å². The molecule has 10 nitrogen and oxygen atoms in total. The third-order valence-electron chi connectivity index (χ3n) is 5.53. The Morgan fingerprint density at radius 3 is 2.59 bits per heavy atom. The molecule has 10 heteroatoms. The number of nitrogens with two attached hydrogens (primary N) is 1. The van der Waals surface area contributed by atoms with Gasteiger partial charge < -0.3 is 20.1 Å². The SMILES string of the molecule is CCCCN(C(=O)CN(C)Cc1ccc2c(c1)OCCO2)c1c(N)n(CC(C)C)c(=O)[nH]c1=O. The van der Waals surface area contributed by atoms with Crippen LogP contribution in [0.1, 0.15) is 39.2 Å². The van der Waals surface area contributed by atoms with Crippen LogP contribution in [-0.2, 0) is 17.9 Å². The van der Waals surface area contributed by atoms with Crippen molar-refractivity contribution < 1.29 is 14.3 Å². The normalized spacial score (nSPS) is 12.9. The van der Waals surface area contributed by atoms with Crippen LogP contribution in [0, 0.1) is 5.92 Å². The number of H-pyrrole nitrogens is 1. The lowest BCUT2D eigenvalue weighted by molar-refractivity contribution is -0.119. The molecule has 2 aromatic rings. The number of likely N-dealkylation sites (N-methyl/N-ethyl adjacent to an activating group) is 1. The van der Waals surface area contributed by atoms with Crippen molar-refractivity contribution in [1.29, 1.82) is 0 Å². The Morgan fingerprint density at radius 2 is 1.91 bits per heavy atom. The molecule has 0 atom stereocenters. The summed E-state index contributed by atoms with van der Waals surface area (Å²) in [6.07, 6.45) is 1.53.